The summed E-state index contributed by atoms with van der Waals surface area (Å²) in [6, 6.07) is 0. The molecule has 14 heavy (non-hydrogen) atoms. The van der Waals surface area contributed by atoms with Gasteiger partial charge in [0.1, 0.15) is 0 Å². The Bertz CT molecular complexity index is 279. The number of nitrogens with one attached hydrogen (secondary N) is 2. The smallest absolute Gasteiger partial charge is 0.214 e. The van der Waals surface area contributed by atoms with E-state index in [1.54, 1.807) is 13.8 Å². The van der Waals surface area contributed by atoms with Gasteiger partial charge in [-0.05, 0) is 46.7 Å². The van der Waals surface area contributed by atoms with E-state index in [0.717, 1.165) is 25.9 Å². The SMILES string of the molecule is CC(C)S(=O)(=O)NC1(C)CCNCC1. The molecule has 0 atom stereocenters. The van der Waals surface area contributed by atoms with E-state index in [1.165, 1.54) is 0 Å². The molecule has 1 saturated heterocycles. The van der Waals surface area contributed by atoms with Gasteiger partial charge in [-0.1, -0.05) is 0 Å². The summed E-state index contributed by atoms with van der Waals surface area (Å²) in [6.07, 6.45) is 1.72. The van der Waals surface area contributed by atoms with Crippen LogP contribution in [0.15, 0.2) is 0 Å². The summed E-state index contributed by atoms with van der Waals surface area (Å²) in [7, 11) is -3.13. The molecule has 1 aliphatic rings. The Balaban J connectivity index is 2.66. The first-order valence-corrected chi connectivity index (χ1v) is 6.64. The van der Waals surface area contributed by atoms with Gasteiger partial charge in [0.05, 0.1) is 5.25 Å². The van der Waals surface area contributed by atoms with Gasteiger partial charge in [-0.2, -0.15) is 0 Å². The number of hydrogen-bond donors (Lipinski definition) is 2. The molecule has 0 aromatic rings. The second-order valence-corrected chi connectivity index (χ2v) is 6.74. The lowest BCUT2D eigenvalue weighted by Crippen LogP contribution is -2.53. The largest absolute Gasteiger partial charge is 0.317 e. The minimum atomic E-state index is -3.13. The highest BCUT2D eigenvalue weighted by Crippen LogP contribution is 2.19. The van der Waals surface area contributed by atoms with E-state index < -0.39 is 10.0 Å². The van der Waals surface area contributed by atoms with Gasteiger partial charge >= 0.3 is 0 Å². The maximum Gasteiger partial charge on any atom is 0.214 e. The van der Waals surface area contributed by atoms with Crippen molar-refractivity contribution in [3.05, 3.63) is 0 Å². The van der Waals surface area contributed by atoms with Crippen LogP contribution in [0.4, 0.5) is 0 Å². The van der Waals surface area contributed by atoms with Crippen molar-refractivity contribution >= 4 is 10.0 Å². The highest BCUT2D eigenvalue weighted by Gasteiger charge is 2.32. The Labute approximate surface area is 86.5 Å². The zero-order chi connectivity index (χ0) is 10.8. The molecule has 2 N–H and O–H groups in total. The first kappa shape index (κ1) is 11.9. The number of rotatable bonds is 3. The molecule has 0 aromatic carbocycles. The standard InChI is InChI=1S/C9H20N2O2S/c1-8(2)14(12,13)11-9(3)4-6-10-7-5-9/h8,10-11H,4-7H2,1-3H3. The fraction of sp³-hybridized carbons (Fsp3) is 1.00. The molecule has 1 aliphatic heterocycles. The van der Waals surface area contributed by atoms with Gasteiger partial charge in [0, 0.05) is 5.54 Å². The van der Waals surface area contributed by atoms with Crippen molar-refractivity contribution in [2.75, 3.05) is 13.1 Å². The third kappa shape index (κ3) is 2.93. The number of sulfonamides is 1. The second-order valence-electron chi connectivity index (χ2n) is 4.51. The van der Waals surface area contributed by atoms with E-state index in [9.17, 15) is 8.42 Å². The number of piperidine rings is 1. The van der Waals surface area contributed by atoms with E-state index in [2.05, 4.69) is 10.0 Å². The van der Waals surface area contributed by atoms with Crippen molar-refractivity contribution in [2.24, 2.45) is 0 Å². The average Bonchev–Trinajstić information content (AvgIpc) is 2.03. The molecule has 0 aliphatic carbocycles. The molecule has 0 radical (unpaired) electrons. The van der Waals surface area contributed by atoms with Crippen molar-refractivity contribution < 1.29 is 8.42 Å². The molecule has 5 heteroatoms. The Morgan fingerprint density at radius 1 is 1.29 bits per heavy atom. The summed E-state index contributed by atoms with van der Waals surface area (Å²) in [5.41, 5.74) is -0.256. The van der Waals surface area contributed by atoms with Gasteiger partial charge in [0.15, 0.2) is 0 Å². The molecule has 0 spiro atoms. The van der Waals surface area contributed by atoms with Crippen LogP contribution >= 0.6 is 0 Å². The van der Waals surface area contributed by atoms with Crippen LogP contribution in [-0.4, -0.2) is 32.3 Å². The van der Waals surface area contributed by atoms with Crippen LogP contribution in [0.1, 0.15) is 33.6 Å². The maximum atomic E-state index is 11.7. The molecule has 0 unspecified atom stereocenters. The summed E-state index contributed by atoms with van der Waals surface area (Å²) in [6.45, 7) is 7.15. The maximum absolute atomic E-state index is 11.7. The van der Waals surface area contributed by atoms with Gasteiger partial charge in [-0.15, -0.1) is 0 Å². The van der Waals surface area contributed by atoms with Crippen LogP contribution in [0.3, 0.4) is 0 Å². The van der Waals surface area contributed by atoms with Gasteiger partial charge in [-0.3, -0.25) is 0 Å². The van der Waals surface area contributed by atoms with Crippen LogP contribution in [-0.2, 0) is 10.0 Å². The fourth-order valence-electron chi connectivity index (χ4n) is 1.54. The first-order valence-electron chi connectivity index (χ1n) is 5.09. The summed E-state index contributed by atoms with van der Waals surface area (Å²) < 4.78 is 26.1. The first-order chi connectivity index (χ1) is 6.36. The molecule has 1 heterocycles. The zero-order valence-electron chi connectivity index (χ0n) is 9.13. The summed E-state index contributed by atoms with van der Waals surface area (Å²) in [4.78, 5) is 0. The van der Waals surface area contributed by atoms with Crippen LogP contribution in [0.5, 0.6) is 0 Å². The fourth-order valence-corrected chi connectivity index (χ4v) is 2.67. The highest BCUT2D eigenvalue weighted by molar-refractivity contribution is 7.90. The minimum Gasteiger partial charge on any atom is -0.317 e. The highest BCUT2D eigenvalue weighted by atomic mass is 32.2. The quantitative estimate of drug-likeness (QED) is 0.726. The topological polar surface area (TPSA) is 58.2 Å². The molecule has 0 saturated carbocycles. The molecule has 84 valence electrons. The summed E-state index contributed by atoms with van der Waals surface area (Å²) in [5, 5.41) is 2.87. The van der Waals surface area contributed by atoms with E-state index >= 15 is 0 Å². The van der Waals surface area contributed by atoms with Crippen LogP contribution in [0.2, 0.25) is 0 Å². The monoisotopic (exact) mass is 220 g/mol. The molecule has 0 aromatic heterocycles. The Morgan fingerprint density at radius 2 is 1.79 bits per heavy atom. The van der Waals surface area contributed by atoms with Crippen LogP contribution in [0.25, 0.3) is 0 Å². The Kier molecular flexibility index (Phi) is 3.55. The summed E-state index contributed by atoms with van der Waals surface area (Å²) in [5.74, 6) is 0. The molecular weight excluding hydrogens is 200 g/mol. The van der Waals surface area contributed by atoms with Crippen molar-refractivity contribution in [1.82, 2.24) is 10.0 Å². The predicted octanol–water partition coefficient (Wildman–Crippen LogP) is 0.456. The molecule has 1 fully saturated rings. The predicted molar refractivity (Wildman–Crippen MR) is 57.7 cm³/mol. The van der Waals surface area contributed by atoms with Gasteiger partial charge in [0.2, 0.25) is 10.0 Å². The van der Waals surface area contributed by atoms with Crippen LogP contribution < -0.4 is 10.0 Å². The van der Waals surface area contributed by atoms with Crippen LogP contribution in [0, 0.1) is 0 Å². The molecule has 4 nitrogen and oxygen atoms in total. The van der Waals surface area contributed by atoms with E-state index in [1.807, 2.05) is 6.92 Å². The number of hydrogen-bond acceptors (Lipinski definition) is 3. The molecular formula is C9H20N2O2S. The van der Waals surface area contributed by atoms with Crippen molar-refractivity contribution in [2.45, 2.75) is 44.4 Å². The lowest BCUT2D eigenvalue weighted by Gasteiger charge is -2.35. The minimum absolute atomic E-state index is 0.256. The second kappa shape index (κ2) is 4.16. The van der Waals surface area contributed by atoms with Gasteiger partial charge in [0.25, 0.3) is 0 Å². The van der Waals surface area contributed by atoms with Gasteiger partial charge < -0.3 is 5.32 Å². The average molecular weight is 220 g/mol. The molecule has 0 bridgehead atoms. The van der Waals surface area contributed by atoms with E-state index in [4.69, 9.17) is 0 Å². The molecule has 0 amide bonds. The van der Waals surface area contributed by atoms with E-state index in [-0.39, 0.29) is 10.8 Å². The lowest BCUT2D eigenvalue weighted by atomic mass is 9.92. The van der Waals surface area contributed by atoms with Crippen molar-refractivity contribution in [1.29, 1.82) is 0 Å². The lowest BCUT2D eigenvalue weighted by molar-refractivity contribution is 0.307. The van der Waals surface area contributed by atoms with Crippen molar-refractivity contribution in [3.8, 4) is 0 Å². The summed E-state index contributed by atoms with van der Waals surface area (Å²) >= 11 is 0. The Morgan fingerprint density at radius 3 is 2.21 bits per heavy atom. The third-order valence-corrected chi connectivity index (χ3v) is 4.73. The van der Waals surface area contributed by atoms with Gasteiger partial charge in [-0.25, -0.2) is 13.1 Å². The molecule has 1 rings (SSSR count). The van der Waals surface area contributed by atoms with E-state index in [0.29, 0.717) is 0 Å². The van der Waals surface area contributed by atoms with Crippen molar-refractivity contribution in [3.63, 3.8) is 0 Å². The third-order valence-electron chi connectivity index (χ3n) is 2.72. The Hall–Kier alpha value is -0.130. The normalized spacial score (nSPS) is 22.6. The zero-order valence-corrected chi connectivity index (χ0v) is 9.95.